The maximum atomic E-state index is 13.0. The van der Waals surface area contributed by atoms with Gasteiger partial charge in [0.25, 0.3) is 5.91 Å². The third kappa shape index (κ3) is 3.79. The van der Waals surface area contributed by atoms with Crippen LogP contribution in [0.25, 0.3) is 16.9 Å². The first kappa shape index (κ1) is 18.2. The lowest BCUT2D eigenvalue weighted by molar-refractivity contribution is 0.0732. The number of aliphatic hydroxyl groups is 1. The standard InChI is InChI=1S/C20H20ClN3O2/c1-2-23(12-13-25)20(26)18-14-24(17-6-4-3-5-7-17)22-19(18)15-8-10-16(21)11-9-15/h3-11,14,25H,2,12-13H2,1H3. The molecule has 2 aromatic carbocycles. The van der Waals surface area contributed by atoms with Crippen molar-refractivity contribution in [3.05, 3.63) is 71.4 Å². The van der Waals surface area contributed by atoms with Crippen LogP contribution in [0.15, 0.2) is 60.8 Å². The highest BCUT2D eigenvalue weighted by atomic mass is 35.5. The summed E-state index contributed by atoms with van der Waals surface area (Å²) in [7, 11) is 0. The lowest BCUT2D eigenvalue weighted by atomic mass is 10.1. The van der Waals surface area contributed by atoms with Gasteiger partial charge >= 0.3 is 0 Å². The minimum atomic E-state index is -0.159. The van der Waals surface area contributed by atoms with Crippen LogP contribution in [0, 0.1) is 0 Å². The van der Waals surface area contributed by atoms with Crippen molar-refractivity contribution in [2.75, 3.05) is 19.7 Å². The summed E-state index contributed by atoms with van der Waals surface area (Å²) in [6.07, 6.45) is 1.74. The van der Waals surface area contributed by atoms with Crippen LogP contribution in [0.3, 0.4) is 0 Å². The maximum Gasteiger partial charge on any atom is 0.257 e. The average Bonchev–Trinajstić information content (AvgIpc) is 3.12. The van der Waals surface area contributed by atoms with Crippen molar-refractivity contribution in [2.45, 2.75) is 6.92 Å². The molecule has 1 aromatic heterocycles. The monoisotopic (exact) mass is 369 g/mol. The van der Waals surface area contributed by atoms with Crippen LogP contribution in [0.4, 0.5) is 0 Å². The van der Waals surface area contributed by atoms with E-state index in [0.717, 1.165) is 11.3 Å². The number of halogens is 1. The molecule has 0 spiro atoms. The van der Waals surface area contributed by atoms with Crippen molar-refractivity contribution in [2.24, 2.45) is 0 Å². The van der Waals surface area contributed by atoms with E-state index in [4.69, 9.17) is 11.6 Å². The van der Waals surface area contributed by atoms with Crippen LogP contribution in [0.2, 0.25) is 5.02 Å². The number of hydrogen-bond acceptors (Lipinski definition) is 3. The van der Waals surface area contributed by atoms with Crippen LogP contribution >= 0.6 is 11.6 Å². The highest BCUT2D eigenvalue weighted by Crippen LogP contribution is 2.26. The first-order valence-electron chi connectivity index (χ1n) is 8.45. The molecule has 1 N–H and O–H groups in total. The Kier molecular flexibility index (Phi) is 5.71. The lowest BCUT2D eigenvalue weighted by Crippen LogP contribution is -2.33. The Hall–Kier alpha value is -2.63. The summed E-state index contributed by atoms with van der Waals surface area (Å²) in [5.74, 6) is -0.159. The van der Waals surface area contributed by atoms with Crippen molar-refractivity contribution in [3.8, 4) is 16.9 Å². The molecule has 0 fully saturated rings. The smallest absolute Gasteiger partial charge is 0.257 e. The molecule has 0 bridgehead atoms. The minimum absolute atomic E-state index is 0.0807. The summed E-state index contributed by atoms with van der Waals surface area (Å²) in [6, 6.07) is 16.9. The van der Waals surface area contributed by atoms with E-state index in [9.17, 15) is 9.90 Å². The SMILES string of the molecule is CCN(CCO)C(=O)c1cn(-c2ccccc2)nc1-c1ccc(Cl)cc1. The number of carbonyl (C=O) groups is 1. The maximum absolute atomic E-state index is 13.0. The normalized spacial score (nSPS) is 10.7. The fourth-order valence-corrected chi connectivity index (χ4v) is 2.88. The molecule has 134 valence electrons. The van der Waals surface area contributed by atoms with E-state index in [0.29, 0.717) is 22.8 Å². The van der Waals surface area contributed by atoms with Gasteiger partial charge in [-0.05, 0) is 31.2 Å². The summed E-state index contributed by atoms with van der Waals surface area (Å²) in [6.45, 7) is 2.60. The van der Waals surface area contributed by atoms with Crippen LogP contribution < -0.4 is 0 Å². The van der Waals surface area contributed by atoms with Crippen LogP contribution in [-0.2, 0) is 0 Å². The van der Waals surface area contributed by atoms with Crippen molar-refractivity contribution in [3.63, 3.8) is 0 Å². The number of rotatable bonds is 6. The first-order chi connectivity index (χ1) is 12.6. The van der Waals surface area contributed by atoms with Gasteiger partial charge in [0.15, 0.2) is 0 Å². The molecule has 3 rings (SSSR count). The van der Waals surface area contributed by atoms with Crippen LogP contribution in [0.5, 0.6) is 0 Å². The largest absolute Gasteiger partial charge is 0.395 e. The predicted octanol–water partition coefficient (Wildman–Crippen LogP) is 3.65. The zero-order valence-corrected chi connectivity index (χ0v) is 15.2. The number of likely N-dealkylation sites (N-methyl/N-ethyl adjacent to an activating group) is 1. The summed E-state index contributed by atoms with van der Waals surface area (Å²) in [5, 5.41) is 14.5. The Bertz CT molecular complexity index is 876. The zero-order chi connectivity index (χ0) is 18.5. The Balaban J connectivity index is 2.10. The molecule has 0 saturated carbocycles. The number of carbonyl (C=O) groups excluding carboxylic acids is 1. The molecular formula is C20H20ClN3O2. The highest BCUT2D eigenvalue weighted by Gasteiger charge is 2.22. The Labute approximate surface area is 157 Å². The molecule has 0 aliphatic heterocycles. The number of para-hydroxylation sites is 1. The van der Waals surface area contributed by atoms with Gasteiger partial charge in [-0.2, -0.15) is 5.10 Å². The Morgan fingerprint density at radius 3 is 2.46 bits per heavy atom. The van der Waals surface area contributed by atoms with E-state index in [2.05, 4.69) is 5.10 Å². The van der Waals surface area contributed by atoms with E-state index >= 15 is 0 Å². The molecule has 0 atom stereocenters. The van der Waals surface area contributed by atoms with Gasteiger partial charge in [0, 0.05) is 29.9 Å². The third-order valence-corrected chi connectivity index (χ3v) is 4.37. The topological polar surface area (TPSA) is 58.4 Å². The summed E-state index contributed by atoms with van der Waals surface area (Å²) >= 11 is 5.99. The lowest BCUT2D eigenvalue weighted by Gasteiger charge is -2.19. The molecule has 1 heterocycles. The molecule has 5 nitrogen and oxygen atoms in total. The molecular weight excluding hydrogens is 350 g/mol. The number of hydrogen-bond donors (Lipinski definition) is 1. The van der Waals surface area contributed by atoms with Gasteiger partial charge < -0.3 is 10.0 Å². The average molecular weight is 370 g/mol. The Morgan fingerprint density at radius 2 is 1.85 bits per heavy atom. The van der Waals surface area contributed by atoms with E-state index in [1.807, 2.05) is 49.4 Å². The third-order valence-electron chi connectivity index (χ3n) is 4.12. The van der Waals surface area contributed by atoms with Crippen molar-refractivity contribution in [1.82, 2.24) is 14.7 Å². The molecule has 0 saturated heterocycles. The summed E-state index contributed by atoms with van der Waals surface area (Å²) < 4.78 is 1.70. The fraction of sp³-hybridized carbons (Fsp3) is 0.200. The Morgan fingerprint density at radius 1 is 1.15 bits per heavy atom. The van der Waals surface area contributed by atoms with Crippen molar-refractivity contribution < 1.29 is 9.90 Å². The highest BCUT2D eigenvalue weighted by molar-refractivity contribution is 6.30. The van der Waals surface area contributed by atoms with E-state index in [-0.39, 0.29) is 19.1 Å². The van der Waals surface area contributed by atoms with Gasteiger partial charge in [-0.3, -0.25) is 4.79 Å². The molecule has 26 heavy (non-hydrogen) atoms. The van der Waals surface area contributed by atoms with Gasteiger partial charge in [-0.1, -0.05) is 41.9 Å². The van der Waals surface area contributed by atoms with Gasteiger partial charge in [-0.25, -0.2) is 4.68 Å². The van der Waals surface area contributed by atoms with Crippen LogP contribution in [0.1, 0.15) is 17.3 Å². The molecule has 0 radical (unpaired) electrons. The number of aliphatic hydroxyl groups excluding tert-OH is 1. The second-order valence-corrected chi connectivity index (χ2v) is 6.22. The number of amides is 1. The molecule has 3 aromatic rings. The number of nitrogens with zero attached hydrogens (tertiary/aromatic N) is 3. The van der Waals surface area contributed by atoms with Gasteiger partial charge in [0.2, 0.25) is 0 Å². The van der Waals surface area contributed by atoms with Crippen molar-refractivity contribution in [1.29, 1.82) is 0 Å². The van der Waals surface area contributed by atoms with Gasteiger partial charge in [0.05, 0.1) is 17.9 Å². The zero-order valence-electron chi connectivity index (χ0n) is 14.5. The van der Waals surface area contributed by atoms with E-state index in [1.54, 1.807) is 27.9 Å². The van der Waals surface area contributed by atoms with Gasteiger partial charge in [-0.15, -0.1) is 0 Å². The minimum Gasteiger partial charge on any atom is -0.395 e. The molecule has 0 aliphatic carbocycles. The van der Waals surface area contributed by atoms with E-state index < -0.39 is 0 Å². The molecule has 6 heteroatoms. The first-order valence-corrected chi connectivity index (χ1v) is 8.83. The quantitative estimate of drug-likeness (QED) is 0.721. The van der Waals surface area contributed by atoms with Crippen LogP contribution in [-0.4, -0.2) is 45.4 Å². The van der Waals surface area contributed by atoms with Gasteiger partial charge in [0.1, 0.15) is 5.69 Å². The van der Waals surface area contributed by atoms with Crippen molar-refractivity contribution >= 4 is 17.5 Å². The second kappa shape index (κ2) is 8.17. The number of benzene rings is 2. The summed E-state index contributed by atoms with van der Waals surface area (Å²) in [4.78, 5) is 14.6. The van der Waals surface area contributed by atoms with E-state index in [1.165, 1.54) is 0 Å². The molecule has 1 amide bonds. The molecule has 0 aliphatic rings. The predicted molar refractivity (Wildman–Crippen MR) is 103 cm³/mol. The molecule has 0 unspecified atom stereocenters. The summed E-state index contributed by atoms with van der Waals surface area (Å²) in [5.41, 5.74) is 2.76. The second-order valence-electron chi connectivity index (χ2n) is 5.79. The number of aromatic nitrogens is 2. The fourth-order valence-electron chi connectivity index (χ4n) is 2.76.